The lowest BCUT2D eigenvalue weighted by Gasteiger charge is -2.38. The summed E-state index contributed by atoms with van der Waals surface area (Å²) in [5, 5.41) is 3.68. The van der Waals surface area contributed by atoms with Gasteiger partial charge in [0, 0.05) is 18.6 Å². The zero-order valence-electron chi connectivity index (χ0n) is 13.2. The summed E-state index contributed by atoms with van der Waals surface area (Å²) >= 11 is 0. The molecular formula is C16H33N3. The Balaban J connectivity index is 1.76. The smallest absolute Gasteiger partial charge is 0.0117 e. The molecule has 2 aliphatic rings. The average molecular weight is 267 g/mol. The molecular weight excluding hydrogens is 234 g/mol. The number of hydrogen-bond acceptors (Lipinski definition) is 3. The zero-order chi connectivity index (χ0) is 13.7. The fraction of sp³-hybridized carbons (Fsp3) is 1.00. The Labute approximate surface area is 119 Å². The number of rotatable bonds is 6. The lowest BCUT2D eigenvalue weighted by molar-refractivity contribution is 0.115. The highest BCUT2D eigenvalue weighted by molar-refractivity contribution is 4.87. The van der Waals surface area contributed by atoms with Gasteiger partial charge in [-0.15, -0.1) is 0 Å². The molecule has 0 aromatic rings. The van der Waals surface area contributed by atoms with E-state index in [1.807, 2.05) is 0 Å². The molecule has 1 N–H and O–H groups in total. The Morgan fingerprint density at radius 2 is 1.84 bits per heavy atom. The van der Waals surface area contributed by atoms with E-state index in [2.05, 4.69) is 36.0 Å². The lowest BCUT2D eigenvalue weighted by atomic mass is 9.99. The molecule has 1 heterocycles. The van der Waals surface area contributed by atoms with Crippen LogP contribution in [0.3, 0.4) is 0 Å². The van der Waals surface area contributed by atoms with Crippen molar-refractivity contribution < 1.29 is 0 Å². The molecule has 0 amide bonds. The second-order valence-electron chi connectivity index (χ2n) is 6.46. The standard InChI is InChI=1S/C16H33N3/c1-4-17-16-8-6-7-14(16)13-18(3)15-9-11-19(5-2)12-10-15/h14-17H,4-13H2,1-3H3. The van der Waals surface area contributed by atoms with Gasteiger partial charge in [-0.2, -0.15) is 0 Å². The normalized spacial score (nSPS) is 30.3. The lowest BCUT2D eigenvalue weighted by Crippen LogP contribution is -2.46. The largest absolute Gasteiger partial charge is 0.314 e. The van der Waals surface area contributed by atoms with Crippen LogP contribution in [0.4, 0.5) is 0 Å². The maximum Gasteiger partial charge on any atom is 0.0117 e. The van der Waals surface area contributed by atoms with Crippen LogP contribution in [0, 0.1) is 5.92 Å². The van der Waals surface area contributed by atoms with Gasteiger partial charge in [-0.1, -0.05) is 20.3 Å². The summed E-state index contributed by atoms with van der Waals surface area (Å²) in [6.07, 6.45) is 6.97. The Hall–Kier alpha value is -0.120. The molecule has 2 unspecified atom stereocenters. The molecule has 0 bridgehead atoms. The summed E-state index contributed by atoms with van der Waals surface area (Å²) < 4.78 is 0. The molecule has 19 heavy (non-hydrogen) atoms. The minimum absolute atomic E-state index is 0.781. The minimum Gasteiger partial charge on any atom is -0.314 e. The molecule has 3 heteroatoms. The maximum atomic E-state index is 3.68. The van der Waals surface area contributed by atoms with Crippen molar-refractivity contribution in [1.82, 2.24) is 15.1 Å². The van der Waals surface area contributed by atoms with Gasteiger partial charge in [0.1, 0.15) is 0 Å². The van der Waals surface area contributed by atoms with Crippen molar-refractivity contribution in [2.24, 2.45) is 5.92 Å². The SMILES string of the molecule is CCNC1CCCC1CN(C)C1CCN(CC)CC1. The van der Waals surface area contributed by atoms with Crippen LogP contribution >= 0.6 is 0 Å². The number of nitrogens with one attached hydrogen (secondary N) is 1. The van der Waals surface area contributed by atoms with Gasteiger partial charge >= 0.3 is 0 Å². The van der Waals surface area contributed by atoms with Gasteiger partial charge in [0.05, 0.1) is 0 Å². The Morgan fingerprint density at radius 1 is 1.11 bits per heavy atom. The van der Waals surface area contributed by atoms with Crippen LogP contribution in [0.1, 0.15) is 46.0 Å². The van der Waals surface area contributed by atoms with Gasteiger partial charge < -0.3 is 15.1 Å². The van der Waals surface area contributed by atoms with Gasteiger partial charge in [0.25, 0.3) is 0 Å². The third-order valence-corrected chi connectivity index (χ3v) is 5.28. The van der Waals surface area contributed by atoms with Gasteiger partial charge in [-0.05, 0) is 64.8 Å². The molecule has 1 saturated heterocycles. The average Bonchev–Trinajstić information content (AvgIpc) is 2.86. The van der Waals surface area contributed by atoms with E-state index in [1.54, 1.807) is 0 Å². The van der Waals surface area contributed by atoms with E-state index < -0.39 is 0 Å². The molecule has 1 aliphatic carbocycles. The van der Waals surface area contributed by atoms with Crippen molar-refractivity contribution in [1.29, 1.82) is 0 Å². The van der Waals surface area contributed by atoms with E-state index in [-0.39, 0.29) is 0 Å². The van der Waals surface area contributed by atoms with Crippen LogP contribution in [-0.2, 0) is 0 Å². The Bertz CT molecular complexity index is 248. The van der Waals surface area contributed by atoms with Crippen molar-refractivity contribution in [3.63, 3.8) is 0 Å². The number of hydrogen-bond donors (Lipinski definition) is 1. The summed E-state index contributed by atoms with van der Waals surface area (Å²) in [6.45, 7) is 10.8. The first-order valence-electron chi connectivity index (χ1n) is 8.40. The first-order chi connectivity index (χ1) is 9.24. The van der Waals surface area contributed by atoms with Crippen molar-refractivity contribution in [2.45, 2.75) is 58.0 Å². The highest BCUT2D eigenvalue weighted by Gasteiger charge is 2.30. The summed E-state index contributed by atoms with van der Waals surface area (Å²) in [4.78, 5) is 5.24. The van der Waals surface area contributed by atoms with Gasteiger partial charge in [0.2, 0.25) is 0 Å². The fourth-order valence-corrected chi connectivity index (χ4v) is 3.98. The molecule has 0 aromatic heterocycles. The molecule has 0 radical (unpaired) electrons. The zero-order valence-corrected chi connectivity index (χ0v) is 13.2. The predicted molar refractivity (Wildman–Crippen MR) is 82.6 cm³/mol. The summed E-state index contributed by atoms with van der Waals surface area (Å²) in [7, 11) is 2.35. The van der Waals surface area contributed by atoms with Gasteiger partial charge in [0.15, 0.2) is 0 Å². The molecule has 0 spiro atoms. The van der Waals surface area contributed by atoms with Crippen LogP contribution < -0.4 is 5.32 Å². The van der Waals surface area contributed by atoms with E-state index >= 15 is 0 Å². The first-order valence-corrected chi connectivity index (χ1v) is 8.40. The van der Waals surface area contributed by atoms with Crippen molar-refractivity contribution in [3.8, 4) is 0 Å². The van der Waals surface area contributed by atoms with Crippen molar-refractivity contribution in [3.05, 3.63) is 0 Å². The predicted octanol–water partition coefficient (Wildman–Crippen LogP) is 2.18. The van der Waals surface area contributed by atoms with Crippen LogP contribution in [0.2, 0.25) is 0 Å². The van der Waals surface area contributed by atoms with E-state index in [0.717, 1.165) is 24.5 Å². The molecule has 112 valence electrons. The topological polar surface area (TPSA) is 18.5 Å². The van der Waals surface area contributed by atoms with Crippen molar-refractivity contribution >= 4 is 0 Å². The number of likely N-dealkylation sites (tertiary alicyclic amines) is 1. The molecule has 2 rings (SSSR count). The monoisotopic (exact) mass is 267 g/mol. The molecule has 1 saturated carbocycles. The fourth-order valence-electron chi connectivity index (χ4n) is 3.98. The van der Waals surface area contributed by atoms with Gasteiger partial charge in [-0.25, -0.2) is 0 Å². The third kappa shape index (κ3) is 4.17. The summed E-state index contributed by atoms with van der Waals surface area (Å²) in [6, 6.07) is 1.61. The van der Waals surface area contributed by atoms with Gasteiger partial charge in [-0.3, -0.25) is 0 Å². The highest BCUT2D eigenvalue weighted by atomic mass is 15.2. The van der Waals surface area contributed by atoms with E-state index in [0.29, 0.717) is 0 Å². The van der Waals surface area contributed by atoms with E-state index in [9.17, 15) is 0 Å². The molecule has 0 aromatic carbocycles. The second-order valence-corrected chi connectivity index (χ2v) is 6.46. The maximum absolute atomic E-state index is 3.68. The van der Waals surface area contributed by atoms with Crippen LogP contribution in [-0.4, -0.2) is 61.7 Å². The molecule has 3 nitrogen and oxygen atoms in total. The quantitative estimate of drug-likeness (QED) is 0.796. The Kier molecular flexibility index (Phi) is 6.11. The van der Waals surface area contributed by atoms with Crippen LogP contribution in [0.25, 0.3) is 0 Å². The first kappa shape index (κ1) is 15.3. The summed E-state index contributed by atoms with van der Waals surface area (Å²) in [5.74, 6) is 0.883. The van der Waals surface area contributed by atoms with E-state index in [1.165, 1.54) is 58.3 Å². The van der Waals surface area contributed by atoms with Crippen molar-refractivity contribution in [2.75, 3.05) is 39.8 Å². The minimum atomic E-state index is 0.781. The molecule has 1 aliphatic heterocycles. The number of nitrogens with zero attached hydrogens (tertiary/aromatic N) is 2. The molecule has 2 fully saturated rings. The van der Waals surface area contributed by atoms with Crippen LogP contribution in [0.15, 0.2) is 0 Å². The Morgan fingerprint density at radius 3 is 2.47 bits per heavy atom. The van der Waals surface area contributed by atoms with E-state index in [4.69, 9.17) is 0 Å². The second kappa shape index (κ2) is 7.61. The number of piperidine rings is 1. The molecule has 2 atom stereocenters. The van der Waals surface area contributed by atoms with Crippen LogP contribution in [0.5, 0.6) is 0 Å². The third-order valence-electron chi connectivity index (χ3n) is 5.28. The highest BCUT2D eigenvalue weighted by Crippen LogP contribution is 2.27. The summed E-state index contributed by atoms with van der Waals surface area (Å²) in [5.41, 5.74) is 0.